The van der Waals surface area contributed by atoms with Crippen molar-refractivity contribution in [2.75, 3.05) is 13.7 Å². The molecule has 0 spiro atoms. The fraction of sp³-hybridized carbons (Fsp3) is 0.875. The highest BCUT2D eigenvalue weighted by Crippen LogP contribution is 2.55. The number of fused-ring (bicyclic) bond motifs is 1. The van der Waals surface area contributed by atoms with Crippen molar-refractivity contribution in [3.8, 4) is 0 Å². The van der Waals surface area contributed by atoms with Crippen LogP contribution in [0.1, 0.15) is 12.8 Å². The van der Waals surface area contributed by atoms with Gasteiger partial charge in [0.2, 0.25) is 0 Å². The van der Waals surface area contributed by atoms with Crippen LogP contribution < -0.4 is 0 Å². The molecule has 0 amide bonds. The molecular weight excluding hydrogens is 128 g/mol. The fourth-order valence-electron chi connectivity index (χ4n) is 2.21. The number of carbonyl (C=O) groups is 1. The molecule has 0 aromatic carbocycles. The zero-order valence-corrected chi connectivity index (χ0v) is 6.17. The van der Waals surface area contributed by atoms with E-state index in [0.717, 1.165) is 19.4 Å². The zero-order chi connectivity index (χ0) is 7.14. The Labute approximate surface area is 60.6 Å². The Morgan fingerprint density at radius 3 is 3.00 bits per heavy atom. The van der Waals surface area contributed by atoms with E-state index in [0.29, 0.717) is 23.5 Å². The summed E-state index contributed by atoms with van der Waals surface area (Å²) in [5.74, 6) is 2.17. The average Bonchev–Trinajstić information content (AvgIpc) is 2.45. The summed E-state index contributed by atoms with van der Waals surface area (Å²) in [5, 5.41) is 0. The second-order valence-electron chi connectivity index (χ2n) is 3.31. The minimum atomic E-state index is 0.403. The van der Waals surface area contributed by atoms with Gasteiger partial charge in [-0.2, -0.15) is 0 Å². The van der Waals surface area contributed by atoms with Gasteiger partial charge in [0.15, 0.2) is 0 Å². The zero-order valence-electron chi connectivity index (χ0n) is 6.17. The molecule has 0 bridgehead atoms. The summed E-state index contributed by atoms with van der Waals surface area (Å²) < 4.78 is 5.00. The van der Waals surface area contributed by atoms with Crippen molar-refractivity contribution in [2.45, 2.75) is 12.8 Å². The third kappa shape index (κ3) is 0.717. The van der Waals surface area contributed by atoms with Crippen LogP contribution in [0.15, 0.2) is 0 Å². The fourth-order valence-corrected chi connectivity index (χ4v) is 2.21. The minimum absolute atomic E-state index is 0.403. The summed E-state index contributed by atoms with van der Waals surface area (Å²) in [6, 6.07) is 0. The molecule has 0 aromatic heterocycles. The molecule has 0 radical (unpaired) electrons. The molecule has 0 aliphatic heterocycles. The monoisotopic (exact) mass is 140 g/mol. The van der Waals surface area contributed by atoms with Gasteiger partial charge in [-0.1, -0.05) is 0 Å². The summed E-state index contributed by atoms with van der Waals surface area (Å²) in [6.45, 7) is 0.793. The van der Waals surface area contributed by atoms with Crippen LogP contribution in [0.4, 0.5) is 0 Å². The Morgan fingerprint density at radius 1 is 1.70 bits per heavy atom. The van der Waals surface area contributed by atoms with E-state index < -0.39 is 0 Å². The van der Waals surface area contributed by atoms with Crippen LogP contribution >= 0.6 is 0 Å². The predicted molar refractivity (Wildman–Crippen MR) is 36.6 cm³/mol. The summed E-state index contributed by atoms with van der Waals surface area (Å²) in [7, 11) is 1.71. The maximum Gasteiger partial charge on any atom is 0.136 e. The van der Waals surface area contributed by atoms with Crippen LogP contribution in [0, 0.1) is 17.8 Å². The lowest BCUT2D eigenvalue weighted by atomic mass is 10.1. The van der Waals surface area contributed by atoms with E-state index in [1.165, 1.54) is 0 Å². The maximum absolute atomic E-state index is 11.0. The van der Waals surface area contributed by atoms with Crippen LogP contribution in [-0.2, 0) is 9.53 Å². The quantitative estimate of drug-likeness (QED) is 0.568. The SMILES string of the molecule is COC[C@@H]1[C@H]2CCC(=O)[C@@H]21. The molecule has 0 saturated heterocycles. The lowest BCUT2D eigenvalue weighted by molar-refractivity contribution is -0.119. The number of ketones is 1. The number of hydrogen-bond donors (Lipinski definition) is 0. The highest BCUT2D eigenvalue weighted by Gasteiger charge is 2.57. The number of rotatable bonds is 2. The van der Waals surface area contributed by atoms with E-state index >= 15 is 0 Å². The van der Waals surface area contributed by atoms with Crippen molar-refractivity contribution < 1.29 is 9.53 Å². The second-order valence-corrected chi connectivity index (χ2v) is 3.31. The minimum Gasteiger partial charge on any atom is -0.384 e. The molecule has 0 aromatic rings. The van der Waals surface area contributed by atoms with Gasteiger partial charge in [0.1, 0.15) is 5.78 Å². The number of hydrogen-bond acceptors (Lipinski definition) is 2. The number of methoxy groups -OCH3 is 1. The van der Waals surface area contributed by atoms with Crippen molar-refractivity contribution in [1.82, 2.24) is 0 Å². The van der Waals surface area contributed by atoms with Crippen LogP contribution in [0.2, 0.25) is 0 Å². The first-order valence-electron chi connectivity index (χ1n) is 3.86. The summed E-state index contributed by atoms with van der Waals surface area (Å²) in [4.78, 5) is 11.0. The standard InChI is InChI=1S/C8H12O2/c1-10-4-6-5-2-3-7(9)8(5)6/h5-6,8H,2-4H2,1H3/t5-,6-,8+/m1/s1. The van der Waals surface area contributed by atoms with Gasteiger partial charge in [0.05, 0.1) is 0 Å². The van der Waals surface area contributed by atoms with E-state index in [2.05, 4.69) is 0 Å². The van der Waals surface area contributed by atoms with Crippen molar-refractivity contribution in [3.05, 3.63) is 0 Å². The van der Waals surface area contributed by atoms with Gasteiger partial charge in [-0.05, 0) is 18.3 Å². The third-order valence-corrected chi connectivity index (χ3v) is 2.79. The van der Waals surface area contributed by atoms with E-state index in [-0.39, 0.29) is 0 Å². The first-order valence-corrected chi connectivity index (χ1v) is 3.86. The summed E-state index contributed by atoms with van der Waals surface area (Å²) >= 11 is 0. The van der Waals surface area contributed by atoms with Gasteiger partial charge in [-0.25, -0.2) is 0 Å². The van der Waals surface area contributed by atoms with E-state index in [4.69, 9.17) is 4.74 Å². The normalized spacial score (nSPS) is 43.7. The Balaban J connectivity index is 1.92. The predicted octanol–water partition coefficient (Wildman–Crippen LogP) is 0.858. The lowest BCUT2D eigenvalue weighted by Gasteiger charge is -1.98. The largest absolute Gasteiger partial charge is 0.384 e. The molecule has 0 N–H and O–H groups in total. The molecule has 2 fully saturated rings. The van der Waals surface area contributed by atoms with Crippen molar-refractivity contribution >= 4 is 5.78 Å². The second kappa shape index (κ2) is 2.06. The lowest BCUT2D eigenvalue weighted by Crippen LogP contribution is -2.03. The molecule has 0 heterocycles. The van der Waals surface area contributed by atoms with E-state index in [1.807, 2.05) is 0 Å². The Kier molecular flexibility index (Phi) is 1.31. The highest BCUT2D eigenvalue weighted by molar-refractivity contribution is 5.87. The molecule has 2 aliphatic rings. The van der Waals surface area contributed by atoms with Crippen LogP contribution in [0.5, 0.6) is 0 Å². The molecule has 2 aliphatic carbocycles. The van der Waals surface area contributed by atoms with Gasteiger partial charge >= 0.3 is 0 Å². The summed E-state index contributed by atoms with van der Waals surface area (Å²) in [5.41, 5.74) is 0. The first kappa shape index (κ1) is 6.35. The molecule has 2 nitrogen and oxygen atoms in total. The molecule has 2 saturated carbocycles. The molecule has 56 valence electrons. The third-order valence-electron chi connectivity index (χ3n) is 2.79. The Bertz CT molecular complexity index is 165. The van der Waals surface area contributed by atoms with Gasteiger partial charge in [0.25, 0.3) is 0 Å². The molecule has 2 rings (SSSR count). The molecule has 0 unspecified atom stereocenters. The van der Waals surface area contributed by atoms with Gasteiger partial charge in [0, 0.05) is 26.1 Å². The Morgan fingerprint density at radius 2 is 2.50 bits per heavy atom. The van der Waals surface area contributed by atoms with Crippen molar-refractivity contribution in [3.63, 3.8) is 0 Å². The summed E-state index contributed by atoms with van der Waals surface area (Å²) in [6.07, 6.45) is 1.95. The van der Waals surface area contributed by atoms with Gasteiger partial charge in [-0.3, -0.25) is 4.79 Å². The Hall–Kier alpha value is -0.370. The maximum atomic E-state index is 11.0. The molecule has 3 atom stereocenters. The van der Waals surface area contributed by atoms with Crippen molar-refractivity contribution in [2.24, 2.45) is 17.8 Å². The topological polar surface area (TPSA) is 26.3 Å². The van der Waals surface area contributed by atoms with Crippen LogP contribution in [-0.4, -0.2) is 19.5 Å². The van der Waals surface area contributed by atoms with Gasteiger partial charge < -0.3 is 4.74 Å². The number of Topliss-reactive ketones (excluding diaryl/α,β-unsaturated/α-hetero) is 1. The molecular formula is C8H12O2. The molecule has 2 heteroatoms. The number of carbonyl (C=O) groups excluding carboxylic acids is 1. The number of ether oxygens (including phenoxy) is 1. The van der Waals surface area contributed by atoms with E-state index in [9.17, 15) is 4.79 Å². The van der Waals surface area contributed by atoms with Crippen molar-refractivity contribution in [1.29, 1.82) is 0 Å². The highest BCUT2D eigenvalue weighted by atomic mass is 16.5. The first-order chi connectivity index (χ1) is 4.84. The smallest absolute Gasteiger partial charge is 0.136 e. The van der Waals surface area contributed by atoms with Gasteiger partial charge in [-0.15, -0.1) is 0 Å². The van der Waals surface area contributed by atoms with Crippen LogP contribution in [0.3, 0.4) is 0 Å². The van der Waals surface area contributed by atoms with Crippen LogP contribution in [0.25, 0.3) is 0 Å². The average molecular weight is 140 g/mol. The van der Waals surface area contributed by atoms with E-state index in [1.54, 1.807) is 7.11 Å². The molecule has 10 heavy (non-hydrogen) atoms.